The molecule has 8 heteroatoms. The molecule has 5 N–H and O–H groups in total. The fourth-order valence-electron chi connectivity index (χ4n) is 1.89. The molecule has 7 nitrogen and oxygen atoms in total. The summed E-state index contributed by atoms with van der Waals surface area (Å²) in [6.45, 7) is 0.333. The Labute approximate surface area is 118 Å². The van der Waals surface area contributed by atoms with Gasteiger partial charge in [-0.2, -0.15) is 0 Å². The summed E-state index contributed by atoms with van der Waals surface area (Å²) in [6, 6.07) is 6.93. The summed E-state index contributed by atoms with van der Waals surface area (Å²) < 4.78 is 1.91. The number of aromatic amines is 1. The molecule has 3 heterocycles. The van der Waals surface area contributed by atoms with Crippen molar-refractivity contribution in [3.63, 3.8) is 0 Å². The Morgan fingerprint density at radius 3 is 2.95 bits per heavy atom. The van der Waals surface area contributed by atoms with Crippen molar-refractivity contribution < 1.29 is 0 Å². The van der Waals surface area contributed by atoms with Gasteiger partial charge in [0.2, 0.25) is 0 Å². The zero-order chi connectivity index (χ0) is 14.1. The van der Waals surface area contributed by atoms with Crippen LogP contribution in [-0.4, -0.2) is 19.4 Å². The molecular formula is C12H12N6OS. The summed E-state index contributed by atoms with van der Waals surface area (Å²) in [6.07, 6.45) is 1.89. The van der Waals surface area contributed by atoms with Crippen molar-refractivity contribution >= 4 is 23.2 Å². The third-order valence-corrected chi connectivity index (χ3v) is 3.63. The summed E-state index contributed by atoms with van der Waals surface area (Å²) in [5.74, 6) is 0.175. The average molecular weight is 288 g/mol. The van der Waals surface area contributed by atoms with Gasteiger partial charge in [0.1, 0.15) is 16.5 Å². The molecule has 0 radical (unpaired) electrons. The lowest BCUT2D eigenvalue weighted by molar-refractivity contribution is 0.908. The molecular weight excluding hydrogens is 276 g/mol. The van der Waals surface area contributed by atoms with Crippen LogP contribution < -0.4 is 17.0 Å². The first-order valence-electron chi connectivity index (χ1n) is 5.88. The van der Waals surface area contributed by atoms with Crippen LogP contribution in [0.1, 0.15) is 5.69 Å². The minimum absolute atomic E-state index is 0.175. The fraction of sp³-hybridized carbons (Fsp3) is 0.0833. The smallest absolute Gasteiger partial charge is 0.253 e. The second-order valence-electron chi connectivity index (χ2n) is 4.07. The van der Waals surface area contributed by atoms with Gasteiger partial charge in [0.05, 0.1) is 5.69 Å². The highest BCUT2D eigenvalue weighted by atomic mass is 32.2. The molecule has 3 rings (SSSR count). The van der Waals surface area contributed by atoms with E-state index in [1.54, 1.807) is 0 Å². The van der Waals surface area contributed by atoms with E-state index in [1.807, 2.05) is 28.8 Å². The Morgan fingerprint density at radius 1 is 1.35 bits per heavy atom. The molecule has 0 saturated heterocycles. The summed E-state index contributed by atoms with van der Waals surface area (Å²) in [5.41, 5.74) is 12.7. The lowest BCUT2D eigenvalue weighted by Gasteiger charge is -2.01. The van der Waals surface area contributed by atoms with E-state index >= 15 is 0 Å². The molecule has 0 bridgehead atoms. The van der Waals surface area contributed by atoms with Crippen LogP contribution in [0.5, 0.6) is 0 Å². The van der Waals surface area contributed by atoms with Crippen LogP contribution in [0.4, 0.5) is 5.82 Å². The minimum atomic E-state index is -0.293. The van der Waals surface area contributed by atoms with Crippen LogP contribution in [0.15, 0.2) is 45.4 Å². The normalized spacial score (nSPS) is 11.1. The molecule has 3 aromatic rings. The molecule has 0 aliphatic rings. The Balaban J connectivity index is 2.08. The molecule has 0 unspecified atom stereocenters. The summed E-state index contributed by atoms with van der Waals surface area (Å²) in [4.78, 5) is 22.6. The Kier molecular flexibility index (Phi) is 3.17. The van der Waals surface area contributed by atoms with Crippen molar-refractivity contribution in [3.8, 4) is 0 Å². The number of imidazole rings is 1. The first-order chi connectivity index (χ1) is 9.67. The summed E-state index contributed by atoms with van der Waals surface area (Å²) in [5, 5.41) is 1.10. The van der Waals surface area contributed by atoms with Gasteiger partial charge in [-0.05, 0) is 23.9 Å². The minimum Gasteiger partial charge on any atom is -0.383 e. The van der Waals surface area contributed by atoms with Gasteiger partial charge in [-0.25, -0.2) is 9.97 Å². The average Bonchev–Trinajstić information content (AvgIpc) is 2.74. The highest BCUT2D eigenvalue weighted by Crippen LogP contribution is 2.27. The maximum absolute atomic E-state index is 11.4. The zero-order valence-corrected chi connectivity index (χ0v) is 11.2. The van der Waals surface area contributed by atoms with E-state index in [2.05, 4.69) is 15.0 Å². The van der Waals surface area contributed by atoms with Crippen LogP contribution >= 0.6 is 11.8 Å². The second kappa shape index (κ2) is 4.99. The molecule has 0 fully saturated rings. The number of nitrogens with one attached hydrogen (secondary N) is 1. The topological polar surface area (TPSA) is 115 Å². The van der Waals surface area contributed by atoms with Gasteiger partial charge in [0.25, 0.3) is 5.56 Å². The molecule has 20 heavy (non-hydrogen) atoms. The molecule has 0 aliphatic carbocycles. The van der Waals surface area contributed by atoms with Crippen molar-refractivity contribution in [2.45, 2.75) is 16.7 Å². The Bertz CT molecular complexity index is 824. The lowest BCUT2D eigenvalue weighted by Crippen LogP contribution is -2.09. The van der Waals surface area contributed by atoms with Crippen molar-refractivity contribution in [3.05, 3.63) is 46.5 Å². The van der Waals surface area contributed by atoms with Gasteiger partial charge < -0.3 is 20.9 Å². The summed E-state index contributed by atoms with van der Waals surface area (Å²) >= 11 is 1.23. The van der Waals surface area contributed by atoms with Gasteiger partial charge >= 0.3 is 0 Å². The van der Waals surface area contributed by atoms with Gasteiger partial charge in [0, 0.05) is 18.8 Å². The standard InChI is InChI=1S/C12H12N6OS/c13-6-7-11(16-9-3-1-2-4-18(7)9)20-12-15-8(14)5-10(19)17-12/h1-5H,6,13H2,(H3,14,15,17,19). The van der Waals surface area contributed by atoms with E-state index in [9.17, 15) is 4.79 Å². The first-order valence-corrected chi connectivity index (χ1v) is 6.70. The number of hydrogen-bond acceptors (Lipinski definition) is 6. The largest absolute Gasteiger partial charge is 0.383 e. The van der Waals surface area contributed by atoms with Crippen LogP contribution in [0.3, 0.4) is 0 Å². The number of hydrogen-bond donors (Lipinski definition) is 3. The van der Waals surface area contributed by atoms with Gasteiger partial charge in [-0.15, -0.1) is 0 Å². The molecule has 0 atom stereocenters. The maximum Gasteiger partial charge on any atom is 0.253 e. The highest BCUT2D eigenvalue weighted by Gasteiger charge is 2.13. The number of pyridine rings is 1. The number of nitrogen functional groups attached to an aromatic ring is 1. The maximum atomic E-state index is 11.4. The molecule has 0 aromatic carbocycles. The van der Waals surface area contributed by atoms with Crippen molar-refractivity contribution in [2.24, 2.45) is 5.73 Å². The quantitative estimate of drug-likeness (QED) is 0.608. The number of anilines is 1. The molecule has 102 valence electrons. The molecule has 0 saturated carbocycles. The fourth-order valence-corrected chi connectivity index (χ4v) is 2.81. The van der Waals surface area contributed by atoms with E-state index in [1.165, 1.54) is 17.8 Å². The van der Waals surface area contributed by atoms with Crippen molar-refractivity contribution in [2.75, 3.05) is 5.73 Å². The predicted octanol–water partition coefficient (Wildman–Crippen LogP) is 0.610. The second-order valence-corrected chi connectivity index (χ2v) is 5.05. The molecule has 0 aliphatic heterocycles. The highest BCUT2D eigenvalue weighted by molar-refractivity contribution is 7.99. The molecule has 0 amide bonds. The van der Waals surface area contributed by atoms with Crippen LogP contribution in [-0.2, 0) is 6.54 Å². The van der Waals surface area contributed by atoms with E-state index in [0.29, 0.717) is 16.7 Å². The molecule has 0 spiro atoms. The van der Waals surface area contributed by atoms with Crippen molar-refractivity contribution in [1.82, 2.24) is 19.4 Å². The lowest BCUT2D eigenvalue weighted by atomic mass is 10.4. The van der Waals surface area contributed by atoms with E-state index < -0.39 is 0 Å². The first kappa shape index (κ1) is 12.7. The Morgan fingerprint density at radius 2 is 2.20 bits per heavy atom. The van der Waals surface area contributed by atoms with E-state index in [0.717, 1.165) is 11.3 Å². The van der Waals surface area contributed by atoms with E-state index in [-0.39, 0.29) is 11.4 Å². The van der Waals surface area contributed by atoms with Crippen molar-refractivity contribution in [1.29, 1.82) is 0 Å². The summed E-state index contributed by atoms with van der Waals surface area (Å²) in [7, 11) is 0. The van der Waals surface area contributed by atoms with E-state index in [4.69, 9.17) is 11.5 Å². The number of nitrogens with two attached hydrogens (primary N) is 2. The number of rotatable bonds is 3. The zero-order valence-electron chi connectivity index (χ0n) is 10.4. The predicted molar refractivity (Wildman–Crippen MR) is 76.5 cm³/mol. The van der Waals surface area contributed by atoms with Gasteiger partial charge in [-0.3, -0.25) is 4.79 Å². The number of fused-ring (bicyclic) bond motifs is 1. The third-order valence-electron chi connectivity index (χ3n) is 2.72. The third kappa shape index (κ3) is 2.26. The Hall–Kier alpha value is -2.32. The SMILES string of the molecule is NCc1c(Sc2nc(N)cc(=O)[nH]2)nc2ccccn12. The van der Waals surface area contributed by atoms with Crippen LogP contribution in [0.2, 0.25) is 0 Å². The van der Waals surface area contributed by atoms with Gasteiger partial charge in [0.15, 0.2) is 5.16 Å². The number of nitrogens with zero attached hydrogens (tertiary/aromatic N) is 3. The van der Waals surface area contributed by atoms with Gasteiger partial charge in [-0.1, -0.05) is 6.07 Å². The van der Waals surface area contributed by atoms with Crippen LogP contribution in [0, 0.1) is 0 Å². The monoisotopic (exact) mass is 288 g/mol. The number of aromatic nitrogens is 4. The number of H-pyrrole nitrogens is 1. The molecule has 3 aromatic heterocycles. The van der Waals surface area contributed by atoms with Crippen LogP contribution in [0.25, 0.3) is 5.65 Å².